The van der Waals surface area contributed by atoms with E-state index in [1.165, 1.54) is 45.8 Å². The molecule has 24 heavy (non-hydrogen) atoms. The van der Waals surface area contributed by atoms with Crippen molar-refractivity contribution in [2.45, 2.75) is 13.5 Å². The van der Waals surface area contributed by atoms with E-state index in [1.54, 1.807) is 14.0 Å². The van der Waals surface area contributed by atoms with Crippen LogP contribution in [0, 0.1) is 6.92 Å². The minimum absolute atomic E-state index is 0.263. The molecule has 0 radical (unpaired) electrons. The number of hydrogen-bond donors (Lipinski definition) is 0. The average Bonchev–Trinajstić information content (AvgIpc) is 3.14. The molecule has 0 aliphatic heterocycles. The van der Waals surface area contributed by atoms with Gasteiger partial charge in [-0.05, 0) is 6.92 Å². The average molecular weight is 349 g/mol. The number of amides is 1. The second-order valence-corrected chi connectivity index (χ2v) is 6.48. The number of aromatic nitrogens is 6. The summed E-state index contributed by atoms with van der Waals surface area (Å²) in [6.45, 7) is 1.39. The van der Waals surface area contributed by atoms with Gasteiger partial charge in [-0.25, -0.2) is 14.3 Å². The predicted octanol–water partition coefficient (Wildman–Crippen LogP) is -0.743. The predicted molar refractivity (Wildman–Crippen MR) is 88.3 cm³/mol. The maximum atomic E-state index is 12.6. The van der Waals surface area contributed by atoms with Crippen LogP contribution in [0.1, 0.15) is 5.01 Å². The van der Waals surface area contributed by atoms with Gasteiger partial charge in [0.25, 0.3) is 5.56 Å². The summed E-state index contributed by atoms with van der Waals surface area (Å²) in [7, 11) is 4.69. The Morgan fingerprint density at radius 1 is 1.29 bits per heavy atom. The van der Waals surface area contributed by atoms with Crippen molar-refractivity contribution in [2.24, 2.45) is 14.1 Å². The smallest absolute Gasteiger partial charge is 0.328 e. The van der Waals surface area contributed by atoms with Gasteiger partial charge in [-0.2, -0.15) is 0 Å². The molecule has 0 atom stereocenters. The monoisotopic (exact) mass is 349 g/mol. The molecule has 126 valence electrons. The fourth-order valence-electron chi connectivity index (χ4n) is 2.31. The zero-order valence-corrected chi connectivity index (χ0v) is 14.4. The van der Waals surface area contributed by atoms with Crippen LogP contribution in [0.25, 0.3) is 11.2 Å². The van der Waals surface area contributed by atoms with E-state index in [-0.39, 0.29) is 17.7 Å². The molecular formula is C13H15N7O3S. The Morgan fingerprint density at radius 3 is 2.62 bits per heavy atom. The first-order chi connectivity index (χ1) is 11.3. The largest absolute Gasteiger partial charge is 0.332 e. The number of nitrogens with zero attached hydrogens (tertiary/aromatic N) is 7. The number of likely N-dealkylation sites (N-methyl/N-ethyl adjacent to an activating group) is 1. The molecule has 3 aromatic rings. The van der Waals surface area contributed by atoms with Crippen molar-refractivity contribution in [3.63, 3.8) is 0 Å². The highest BCUT2D eigenvalue weighted by Gasteiger charge is 2.20. The second kappa shape index (κ2) is 5.67. The summed E-state index contributed by atoms with van der Waals surface area (Å²) in [5, 5.41) is 8.86. The molecule has 0 aromatic carbocycles. The van der Waals surface area contributed by atoms with E-state index in [1.807, 2.05) is 0 Å². The lowest BCUT2D eigenvalue weighted by Crippen LogP contribution is -2.44. The Kier molecular flexibility index (Phi) is 3.79. The van der Waals surface area contributed by atoms with Crippen LogP contribution in [0.3, 0.4) is 0 Å². The molecule has 1 amide bonds. The molecule has 11 heteroatoms. The molecule has 3 aromatic heterocycles. The third-order valence-electron chi connectivity index (χ3n) is 3.67. The van der Waals surface area contributed by atoms with Crippen molar-refractivity contribution in [3.05, 3.63) is 32.2 Å². The third kappa shape index (κ3) is 2.42. The molecule has 0 aliphatic rings. The highest BCUT2D eigenvalue weighted by Crippen LogP contribution is 2.18. The van der Waals surface area contributed by atoms with Crippen LogP contribution in [-0.4, -0.2) is 41.8 Å². The summed E-state index contributed by atoms with van der Waals surface area (Å²) in [6.07, 6.45) is 1.45. The van der Waals surface area contributed by atoms with E-state index in [2.05, 4.69) is 15.2 Å². The molecule has 0 aliphatic carbocycles. The molecule has 0 spiro atoms. The highest BCUT2D eigenvalue weighted by atomic mass is 32.1. The minimum Gasteiger partial charge on any atom is -0.328 e. The Bertz CT molecular complexity index is 1060. The van der Waals surface area contributed by atoms with Crippen LogP contribution in [-0.2, 0) is 25.4 Å². The van der Waals surface area contributed by atoms with Crippen LogP contribution >= 0.6 is 11.3 Å². The van der Waals surface area contributed by atoms with Gasteiger partial charge in [0, 0.05) is 21.1 Å². The first kappa shape index (κ1) is 16.1. The van der Waals surface area contributed by atoms with Crippen molar-refractivity contribution in [1.29, 1.82) is 0 Å². The first-order valence-corrected chi connectivity index (χ1v) is 7.80. The maximum Gasteiger partial charge on any atom is 0.332 e. The summed E-state index contributed by atoms with van der Waals surface area (Å²) in [4.78, 5) is 42.7. The van der Waals surface area contributed by atoms with Crippen molar-refractivity contribution in [1.82, 2.24) is 28.9 Å². The van der Waals surface area contributed by atoms with E-state index < -0.39 is 17.2 Å². The lowest BCUT2D eigenvalue weighted by atomic mass is 10.4. The number of imidazole rings is 1. The van der Waals surface area contributed by atoms with Crippen molar-refractivity contribution < 1.29 is 4.79 Å². The van der Waals surface area contributed by atoms with E-state index in [0.717, 1.165) is 4.57 Å². The van der Waals surface area contributed by atoms with Crippen LogP contribution in [0.4, 0.5) is 5.13 Å². The lowest BCUT2D eigenvalue weighted by molar-refractivity contribution is -0.119. The normalized spacial score (nSPS) is 11.2. The van der Waals surface area contributed by atoms with Gasteiger partial charge in [-0.3, -0.25) is 19.1 Å². The summed E-state index contributed by atoms with van der Waals surface area (Å²) in [5.74, 6) is -0.438. The molecule has 0 fully saturated rings. The number of anilines is 1. The van der Waals surface area contributed by atoms with Crippen LogP contribution in [0.5, 0.6) is 0 Å². The highest BCUT2D eigenvalue weighted by molar-refractivity contribution is 7.15. The number of fused-ring (bicyclic) bond motifs is 1. The summed E-state index contributed by atoms with van der Waals surface area (Å²) in [5.41, 5.74) is -0.603. The Hall–Kier alpha value is -2.82. The standard InChI is InChI=1S/C13H15N7O3S/c1-7-15-16-12(24-7)18(3)8(21)5-20-11(22)9-10(14-6-17(9)2)19(4)13(20)23/h6H,5H2,1-4H3. The van der Waals surface area contributed by atoms with Gasteiger partial charge in [0.05, 0.1) is 6.33 Å². The molecule has 0 saturated heterocycles. The van der Waals surface area contributed by atoms with Gasteiger partial charge in [0.1, 0.15) is 11.6 Å². The molecule has 3 rings (SSSR count). The van der Waals surface area contributed by atoms with Crippen molar-refractivity contribution in [3.8, 4) is 0 Å². The summed E-state index contributed by atoms with van der Waals surface area (Å²) < 4.78 is 3.67. The van der Waals surface area contributed by atoms with E-state index in [9.17, 15) is 14.4 Å². The number of rotatable bonds is 3. The van der Waals surface area contributed by atoms with E-state index >= 15 is 0 Å². The minimum atomic E-state index is -0.596. The molecule has 10 nitrogen and oxygen atoms in total. The maximum absolute atomic E-state index is 12.6. The van der Waals surface area contributed by atoms with E-state index in [0.29, 0.717) is 10.1 Å². The quantitative estimate of drug-likeness (QED) is 0.616. The number of carbonyl (C=O) groups is 1. The van der Waals surface area contributed by atoms with Gasteiger partial charge >= 0.3 is 5.69 Å². The Balaban J connectivity index is 2.04. The number of carbonyl (C=O) groups excluding carboxylic acids is 1. The van der Waals surface area contributed by atoms with Gasteiger partial charge in [0.15, 0.2) is 11.2 Å². The fourth-order valence-corrected chi connectivity index (χ4v) is 2.97. The topological polar surface area (TPSA) is 108 Å². The van der Waals surface area contributed by atoms with Crippen molar-refractivity contribution >= 4 is 33.5 Å². The van der Waals surface area contributed by atoms with Crippen LogP contribution < -0.4 is 16.1 Å². The first-order valence-electron chi connectivity index (χ1n) is 6.98. The zero-order chi connectivity index (χ0) is 17.6. The Labute approximate surface area is 139 Å². The van der Waals surface area contributed by atoms with Gasteiger partial charge in [0.2, 0.25) is 11.0 Å². The molecule has 3 heterocycles. The molecule has 0 unspecified atom stereocenters. The van der Waals surface area contributed by atoms with Crippen LogP contribution in [0.2, 0.25) is 0 Å². The summed E-state index contributed by atoms with van der Waals surface area (Å²) >= 11 is 1.25. The molecule has 0 N–H and O–H groups in total. The number of hydrogen-bond acceptors (Lipinski definition) is 7. The third-order valence-corrected chi connectivity index (χ3v) is 4.59. The van der Waals surface area contributed by atoms with Gasteiger partial charge in [-0.1, -0.05) is 11.3 Å². The SMILES string of the molecule is Cc1nnc(N(C)C(=O)Cn2c(=O)c3c(ncn3C)n(C)c2=O)s1. The summed E-state index contributed by atoms with van der Waals surface area (Å²) in [6, 6.07) is 0. The molecular weight excluding hydrogens is 334 g/mol. The van der Waals surface area contributed by atoms with Crippen molar-refractivity contribution in [2.75, 3.05) is 11.9 Å². The van der Waals surface area contributed by atoms with Gasteiger partial charge < -0.3 is 4.57 Å². The zero-order valence-electron chi connectivity index (χ0n) is 13.5. The van der Waals surface area contributed by atoms with Crippen LogP contribution in [0.15, 0.2) is 15.9 Å². The van der Waals surface area contributed by atoms with Gasteiger partial charge in [-0.15, -0.1) is 10.2 Å². The fraction of sp³-hybridized carbons (Fsp3) is 0.385. The molecule has 0 saturated carbocycles. The second-order valence-electron chi connectivity index (χ2n) is 5.32. The Morgan fingerprint density at radius 2 is 2.00 bits per heavy atom. The lowest BCUT2D eigenvalue weighted by Gasteiger charge is -2.14. The molecule has 0 bridgehead atoms. The van der Waals surface area contributed by atoms with E-state index in [4.69, 9.17) is 0 Å². The number of aryl methyl sites for hydroxylation is 3.